The molecule has 1 N–H and O–H groups in total. The van der Waals surface area contributed by atoms with E-state index in [1.807, 2.05) is 14.0 Å². The number of hydrogen-bond donors (Lipinski definition) is 1. The van der Waals surface area contributed by atoms with E-state index >= 15 is 0 Å². The van der Waals surface area contributed by atoms with E-state index in [0.717, 1.165) is 31.5 Å². The molecule has 0 aromatic heterocycles. The highest BCUT2D eigenvalue weighted by Gasteiger charge is 2.20. The summed E-state index contributed by atoms with van der Waals surface area (Å²) < 4.78 is 13.6. The average molecular weight is 250 g/mol. The molecular formula is C14H19FN2O. The number of hydrogen-bond acceptors (Lipinski definition) is 2. The van der Waals surface area contributed by atoms with Crippen LogP contribution in [0.25, 0.3) is 0 Å². The fourth-order valence-electron chi connectivity index (χ4n) is 2.36. The number of likely N-dealkylation sites (N-methyl/N-ethyl adjacent to an activating group) is 1. The van der Waals surface area contributed by atoms with Gasteiger partial charge in [0.25, 0.3) is 5.91 Å². The lowest BCUT2D eigenvalue weighted by Crippen LogP contribution is -2.46. The van der Waals surface area contributed by atoms with Crippen LogP contribution in [-0.4, -0.2) is 37.0 Å². The maximum absolute atomic E-state index is 13.6. The molecule has 3 nitrogen and oxygen atoms in total. The highest BCUT2D eigenvalue weighted by molar-refractivity contribution is 5.94. The Kier molecular flexibility index (Phi) is 3.97. The fourth-order valence-corrected chi connectivity index (χ4v) is 2.36. The zero-order valence-corrected chi connectivity index (χ0v) is 10.9. The van der Waals surface area contributed by atoms with Gasteiger partial charge in [0, 0.05) is 12.6 Å². The standard InChI is InChI=1S/C14H19FN2O/c1-10-5-6-13(15)12(8-10)14(18)16-11-4-3-7-17(2)9-11/h5-6,8,11H,3-4,7,9H2,1-2H3,(H,16,18). The molecule has 1 fully saturated rings. The normalized spacial score (nSPS) is 20.7. The molecule has 1 heterocycles. The van der Waals surface area contributed by atoms with Crippen LogP contribution in [0, 0.1) is 12.7 Å². The molecular weight excluding hydrogens is 231 g/mol. The van der Waals surface area contributed by atoms with Crippen LogP contribution >= 0.6 is 0 Å². The van der Waals surface area contributed by atoms with Gasteiger partial charge in [-0.05, 0) is 45.5 Å². The molecule has 0 saturated carbocycles. The molecule has 1 saturated heterocycles. The lowest BCUT2D eigenvalue weighted by atomic mass is 10.0. The van der Waals surface area contributed by atoms with Gasteiger partial charge in [-0.15, -0.1) is 0 Å². The monoisotopic (exact) mass is 250 g/mol. The van der Waals surface area contributed by atoms with Gasteiger partial charge in [-0.3, -0.25) is 4.79 Å². The SMILES string of the molecule is Cc1ccc(F)c(C(=O)NC2CCCN(C)C2)c1. The van der Waals surface area contributed by atoms with Crippen LogP contribution in [0.4, 0.5) is 4.39 Å². The van der Waals surface area contributed by atoms with Gasteiger partial charge >= 0.3 is 0 Å². The van der Waals surface area contributed by atoms with Gasteiger partial charge in [-0.2, -0.15) is 0 Å². The minimum Gasteiger partial charge on any atom is -0.348 e. The molecule has 4 heteroatoms. The molecule has 0 bridgehead atoms. The van der Waals surface area contributed by atoms with E-state index in [-0.39, 0.29) is 17.5 Å². The molecule has 1 aromatic rings. The molecule has 0 aliphatic carbocycles. The molecule has 1 unspecified atom stereocenters. The fraction of sp³-hybridized carbons (Fsp3) is 0.500. The summed E-state index contributed by atoms with van der Waals surface area (Å²) in [7, 11) is 2.03. The number of rotatable bonds is 2. The van der Waals surface area contributed by atoms with Crippen LogP contribution in [0.1, 0.15) is 28.8 Å². The first-order chi connectivity index (χ1) is 8.56. The molecule has 1 aromatic carbocycles. The van der Waals surface area contributed by atoms with Crippen molar-refractivity contribution in [2.24, 2.45) is 0 Å². The summed E-state index contributed by atoms with van der Waals surface area (Å²) in [6, 6.07) is 4.73. The topological polar surface area (TPSA) is 32.3 Å². The van der Waals surface area contributed by atoms with Crippen molar-refractivity contribution in [3.63, 3.8) is 0 Å². The Labute approximate surface area is 107 Å². The molecule has 1 amide bonds. The smallest absolute Gasteiger partial charge is 0.254 e. The molecule has 98 valence electrons. The number of carbonyl (C=O) groups is 1. The summed E-state index contributed by atoms with van der Waals surface area (Å²) >= 11 is 0. The zero-order valence-electron chi connectivity index (χ0n) is 10.9. The van der Waals surface area contributed by atoms with E-state index in [2.05, 4.69) is 10.2 Å². The molecule has 1 aliphatic heterocycles. The molecule has 1 atom stereocenters. The van der Waals surface area contributed by atoms with E-state index in [4.69, 9.17) is 0 Å². The minimum atomic E-state index is -0.456. The van der Waals surface area contributed by atoms with Crippen molar-refractivity contribution in [2.75, 3.05) is 20.1 Å². The van der Waals surface area contributed by atoms with Crippen LogP contribution in [-0.2, 0) is 0 Å². The maximum atomic E-state index is 13.6. The Morgan fingerprint density at radius 2 is 2.28 bits per heavy atom. The average Bonchev–Trinajstić information content (AvgIpc) is 2.32. The third kappa shape index (κ3) is 3.07. The number of benzene rings is 1. The Bertz CT molecular complexity index is 447. The second-order valence-electron chi connectivity index (χ2n) is 5.06. The molecule has 0 spiro atoms. The van der Waals surface area contributed by atoms with Crippen molar-refractivity contribution in [2.45, 2.75) is 25.8 Å². The predicted octanol–water partition coefficient (Wildman–Crippen LogP) is 1.96. The first-order valence-electron chi connectivity index (χ1n) is 6.32. The third-order valence-corrected chi connectivity index (χ3v) is 3.33. The molecule has 18 heavy (non-hydrogen) atoms. The first-order valence-corrected chi connectivity index (χ1v) is 6.32. The van der Waals surface area contributed by atoms with Crippen LogP contribution in [0.5, 0.6) is 0 Å². The van der Waals surface area contributed by atoms with Gasteiger partial charge in [-0.1, -0.05) is 11.6 Å². The summed E-state index contributed by atoms with van der Waals surface area (Å²) in [5.41, 5.74) is 1.03. The first kappa shape index (κ1) is 13.0. The van der Waals surface area contributed by atoms with Gasteiger partial charge in [-0.25, -0.2) is 4.39 Å². The van der Waals surface area contributed by atoms with Gasteiger partial charge < -0.3 is 10.2 Å². The summed E-state index contributed by atoms with van der Waals surface area (Å²) in [6.45, 7) is 3.74. The molecule has 0 radical (unpaired) electrons. The quantitative estimate of drug-likeness (QED) is 0.870. The van der Waals surface area contributed by atoms with Crippen molar-refractivity contribution in [1.82, 2.24) is 10.2 Å². The van der Waals surface area contributed by atoms with E-state index in [0.29, 0.717) is 0 Å². The van der Waals surface area contributed by atoms with Crippen LogP contribution in [0.2, 0.25) is 0 Å². The van der Waals surface area contributed by atoms with Crippen LogP contribution in [0.15, 0.2) is 18.2 Å². The lowest BCUT2D eigenvalue weighted by molar-refractivity contribution is 0.0908. The van der Waals surface area contributed by atoms with Crippen LogP contribution in [0.3, 0.4) is 0 Å². The molecule has 1 aliphatic rings. The van der Waals surface area contributed by atoms with E-state index < -0.39 is 5.82 Å². The number of amides is 1. The Morgan fingerprint density at radius 1 is 1.50 bits per heavy atom. The van der Waals surface area contributed by atoms with Crippen molar-refractivity contribution in [3.8, 4) is 0 Å². The van der Waals surface area contributed by atoms with Crippen molar-refractivity contribution in [1.29, 1.82) is 0 Å². The second kappa shape index (κ2) is 5.48. The third-order valence-electron chi connectivity index (χ3n) is 3.33. The number of carbonyl (C=O) groups excluding carboxylic acids is 1. The zero-order chi connectivity index (χ0) is 13.1. The van der Waals surface area contributed by atoms with Crippen molar-refractivity contribution in [3.05, 3.63) is 35.1 Å². The van der Waals surface area contributed by atoms with E-state index in [1.165, 1.54) is 6.07 Å². The summed E-state index contributed by atoms with van der Waals surface area (Å²) in [5, 5.41) is 2.91. The Balaban J connectivity index is 2.05. The highest BCUT2D eigenvalue weighted by Crippen LogP contribution is 2.12. The number of halogens is 1. The largest absolute Gasteiger partial charge is 0.348 e. The number of piperidine rings is 1. The van der Waals surface area contributed by atoms with Gasteiger partial charge in [0.1, 0.15) is 5.82 Å². The van der Waals surface area contributed by atoms with E-state index in [1.54, 1.807) is 12.1 Å². The van der Waals surface area contributed by atoms with Crippen molar-refractivity contribution >= 4 is 5.91 Å². The number of aryl methyl sites for hydroxylation is 1. The predicted molar refractivity (Wildman–Crippen MR) is 69.1 cm³/mol. The Morgan fingerprint density at radius 3 is 3.00 bits per heavy atom. The van der Waals surface area contributed by atoms with E-state index in [9.17, 15) is 9.18 Å². The highest BCUT2D eigenvalue weighted by atomic mass is 19.1. The van der Waals surface area contributed by atoms with Gasteiger partial charge in [0.15, 0.2) is 0 Å². The lowest BCUT2D eigenvalue weighted by Gasteiger charge is -2.30. The summed E-state index contributed by atoms with van der Waals surface area (Å²) in [4.78, 5) is 14.2. The van der Waals surface area contributed by atoms with Crippen molar-refractivity contribution < 1.29 is 9.18 Å². The minimum absolute atomic E-state index is 0.121. The molecule has 2 rings (SSSR count). The summed E-state index contributed by atoms with van der Waals surface area (Å²) in [6.07, 6.45) is 2.03. The summed E-state index contributed by atoms with van der Waals surface area (Å²) in [5.74, 6) is -0.765. The van der Waals surface area contributed by atoms with Gasteiger partial charge in [0.2, 0.25) is 0 Å². The van der Waals surface area contributed by atoms with Gasteiger partial charge in [0.05, 0.1) is 5.56 Å². The number of nitrogens with zero attached hydrogens (tertiary/aromatic N) is 1. The maximum Gasteiger partial charge on any atom is 0.254 e. The van der Waals surface area contributed by atoms with Crippen LogP contribution < -0.4 is 5.32 Å². The Hall–Kier alpha value is -1.42. The number of likely N-dealkylation sites (tertiary alicyclic amines) is 1. The second-order valence-corrected chi connectivity index (χ2v) is 5.06. The number of nitrogens with one attached hydrogen (secondary N) is 1.